The van der Waals surface area contributed by atoms with E-state index >= 15 is 0 Å². The molecule has 0 amide bonds. The van der Waals surface area contributed by atoms with Crippen LogP contribution in [0.2, 0.25) is 0 Å². The Morgan fingerprint density at radius 2 is 2.00 bits per heavy atom. The number of aromatic nitrogens is 4. The first kappa shape index (κ1) is 21.7. The number of phenols is 1. The summed E-state index contributed by atoms with van der Waals surface area (Å²) < 4.78 is 6.96. The first-order chi connectivity index (χ1) is 15.4. The molecule has 168 valence electrons. The van der Waals surface area contributed by atoms with Crippen molar-refractivity contribution in [1.82, 2.24) is 19.5 Å². The smallest absolute Gasteiger partial charge is 0.220 e. The zero-order valence-electron chi connectivity index (χ0n) is 17.0. The summed E-state index contributed by atoms with van der Waals surface area (Å²) in [6, 6.07) is 6.71. The zero-order chi connectivity index (χ0) is 22.8. The molecule has 3 heterocycles. The monoisotopic (exact) mass is 442 g/mol. The number of aromatic hydroxyl groups is 1. The third-order valence-electron chi connectivity index (χ3n) is 5.20. The van der Waals surface area contributed by atoms with Crippen LogP contribution < -0.4 is 5.32 Å². The Balaban J connectivity index is 1.67. The summed E-state index contributed by atoms with van der Waals surface area (Å²) >= 11 is 0. The molecule has 1 fully saturated rings. The van der Waals surface area contributed by atoms with E-state index in [0.717, 1.165) is 5.56 Å². The van der Waals surface area contributed by atoms with Crippen molar-refractivity contribution in [3.05, 3.63) is 46.6 Å². The predicted molar refractivity (Wildman–Crippen MR) is 112 cm³/mol. The van der Waals surface area contributed by atoms with Crippen LogP contribution in [0.1, 0.15) is 18.7 Å². The number of aliphatic hydroxyl groups is 3. The lowest BCUT2D eigenvalue weighted by Crippen LogP contribution is -2.33. The number of hydrogen-bond donors (Lipinski definition) is 5. The SMILES string of the molecule is C[C@H](Cc1ccc(O)cc1)Nc1nc(N=[N+]=[N-])nc2c1ncn2[C@@H]1O[C@H](CO)[C@@H](O)[C@H]1O. The standard InChI is InChI=1S/C19H22N8O5/c1-9(6-10-2-4-11(29)5-3-10)22-16-13-17(24-19(23-16)25-26-20)27(8-21-13)18-15(31)14(30)12(7-28)32-18/h2-5,8-9,12,14-15,18,28-31H,6-7H2,1H3,(H,22,23,24)/t9-,12-,14-,15-,18-/m1/s1. The Hall–Kier alpha value is -3.48. The maximum atomic E-state index is 10.4. The third-order valence-corrected chi connectivity index (χ3v) is 5.20. The van der Waals surface area contributed by atoms with Gasteiger partial charge in [0.1, 0.15) is 24.1 Å². The van der Waals surface area contributed by atoms with E-state index in [-0.39, 0.29) is 23.4 Å². The molecule has 13 heteroatoms. The van der Waals surface area contributed by atoms with E-state index in [1.54, 1.807) is 12.1 Å². The van der Waals surface area contributed by atoms with Crippen molar-refractivity contribution in [3.8, 4) is 5.75 Å². The van der Waals surface area contributed by atoms with Gasteiger partial charge in [0, 0.05) is 11.0 Å². The molecule has 1 aliphatic rings. The number of aliphatic hydroxyl groups excluding tert-OH is 3. The highest BCUT2D eigenvalue weighted by molar-refractivity contribution is 5.84. The highest BCUT2D eigenvalue weighted by Gasteiger charge is 2.44. The van der Waals surface area contributed by atoms with Crippen molar-refractivity contribution in [1.29, 1.82) is 0 Å². The highest BCUT2D eigenvalue weighted by Crippen LogP contribution is 2.33. The summed E-state index contributed by atoms with van der Waals surface area (Å²) in [5.41, 5.74) is 10.4. The van der Waals surface area contributed by atoms with Gasteiger partial charge in [-0.25, -0.2) is 15.0 Å². The molecule has 13 nitrogen and oxygen atoms in total. The number of phenolic OH excluding ortho intramolecular Hbond substituents is 1. The Kier molecular flexibility index (Phi) is 6.08. The number of fused-ring (bicyclic) bond motifs is 1. The topological polar surface area (TPSA) is 195 Å². The maximum absolute atomic E-state index is 10.4. The van der Waals surface area contributed by atoms with E-state index in [4.69, 9.17) is 10.3 Å². The Morgan fingerprint density at radius 1 is 1.25 bits per heavy atom. The molecule has 32 heavy (non-hydrogen) atoms. The minimum absolute atomic E-state index is 0.115. The van der Waals surface area contributed by atoms with Crippen LogP contribution in [0.15, 0.2) is 35.7 Å². The summed E-state index contributed by atoms with van der Waals surface area (Å²) in [4.78, 5) is 15.5. The zero-order valence-corrected chi connectivity index (χ0v) is 17.0. The van der Waals surface area contributed by atoms with Crippen LogP contribution in [0.3, 0.4) is 0 Å². The molecule has 5 atom stereocenters. The summed E-state index contributed by atoms with van der Waals surface area (Å²) in [6.07, 6.45) is -2.65. The number of azide groups is 1. The minimum Gasteiger partial charge on any atom is -0.508 e. The molecular weight excluding hydrogens is 420 g/mol. The lowest BCUT2D eigenvalue weighted by molar-refractivity contribution is -0.0511. The average Bonchev–Trinajstić information content (AvgIpc) is 3.31. The van der Waals surface area contributed by atoms with Crippen LogP contribution >= 0.6 is 0 Å². The molecule has 0 unspecified atom stereocenters. The summed E-state index contributed by atoms with van der Waals surface area (Å²) in [5, 5.41) is 45.9. The van der Waals surface area contributed by atoms with Crippen molar-refractivity contribution in [2.75, 3.05) is 11.9 Å². The summed E-state index contributed by atoms with van der Waals surface area (Å²) in [7, 11) is 0. The Bertz CT molecular complexity index is 1150. The second-order valence-corrected chi connectivity index (χ2v) is 7.53. The quantitative estimate of drug-likeness (QED) is 0.202. The molecule has 2 aromatic heterocycles. The fourth-order valence-electron chi connectivity index (χ4n) is 3.66. The number of ether oxygens (including phenoxy) is 1. The van der Waals surface area contributed by atoms with E-state index in [2.05, 4.69) is 30.3 Å². The number of anilines is 1. The number of rotatable bonds is 7. The van der Waals surface area contributed by atoms with Gasteiger partial charge in [0.2, 0.25) is 5.95 Å². The van der Waals surface area contributed by atoms with Gasteiger partial charge in [0.15, 0.2) is 23.2 Å². The van der Waals surface area contributed by atoms with E-state index in [0.29, 0.717) is 17.8 Å². The number of nitrogens with zero attached hydrogens (tertiary/aromatic N) is 7. The van der Waals surface area contributed by atoms with Gasteiger partial charge in [-0.15, -0.1) is 0 Å². The van der Waals surface area contributed by atoms with E-state index in [1.165, 1.54) is 10.9 Å². The fraction of sp³-hybridized carbons (Fsp3) is 0.421. The van der Waals surface area contributed by atoms with Crippen LogP contribution in [0.4, 0.5) is 11.8 Å². The molecule has 1 aliphatic heterocycles. The van der Waals surface area contributed by atoms with Crippen molar-refractivity contribution in [3.63, 3.8) is 0 Å². The van der Waals surface area contributed by atoms with Gasteiger partial charge in [0.25, 0.3) is 0 Å². The van der Waals surface area contributed by atoms with Gasteiger partial charge < -0.3 is 30.5 Å². The van der Waals surface area contributed by atoms with E-state index < -0.39 is 31.1 Å². The van der Waals surface area contributed by atoms with Crippen molar-refractivity contribution >= 4 is 22.9 Å². The van der Waals surface area contributed by atoms with Gasteiger partial charge in [-0.3, -0.25) is 4.57 Å². The van der Waals surface area contributed by atoms with Crippen LogP contribution in [0.25, 0.3) is 21.6 Å². The average molecular weight is 442 g/mol. The second-order valence-electron chi connectivity index (χ2n) is 7.53. The lowest BCUT2D eigenvalue weighted by Gasteiger charge is -2.18. The molecule has 1 saturated heterocycles. The number of imidazole rings is 1. The van der Waals surface area contributed by atoms with Crippen LogP contribution in [-0.2, 0) is 11.2 Å². The maximum Gasteiger partial charge on any atom is 0.220 e. The van der Waals surface area contributed by atoms with Crippen molar-refractivity contribution in [2.45, 2.75) is 43.9 Å². The molecule has 1 aromatic carbocycles. The minimum atomic E-state index is -1.33. The normalized spacial score (nSPS) is 23.8. The highest BCUT2D eigenvalue weighted by atomic mass is 16.6. The summed E-state index contributed by atoms with van der Waals surface area (Å²) in [5.74, 6) is 0.336. The fourth-order valence-corrected chi connectivity index (χ4v) is 3.66. The van der Waals surface area contributed by atoms with Gasteiger partial charge in [0.05, 0.1) is 12.9 Å². The molecule has 0 radical (unpaired) electrons. The number of hydrogen-bond acceptors (Lipinski definition) is 10. The molecule has 0 spiro atoms. The molecule has 5 N–H and O–H groups in total. The predicted octanol–water partition coefficient (Wildman–Crippen LogP) is 1.13. The summed E-state index contributed by atoms with van der Waals surface area (Å²) in [6.45, 7) is 1.46. The van der Waals surface area contributed by atoms with Gasteiger partial charge in [-0.05, 0) is 41.7 Å². The molecule has 0 bridgehead atoms. The van der Waals surface area contributed by atoms with E-state index in [1.807, 2.05) is 19.1 Å². The van der Waals surface area contributed by atoms with Gasteiger partial charge in [-0.1, -0.05) is 12.1 Å². The Labute approximate surface area is 181 Å². The van der Waals surface area contributed by atoms with E-state index in [9.17, 15) is 20.4 Å². The van der Waals surface area contributed by atoms with Crippen molar-refractivity contribution < 1.29 is 25.2 Å². The van der Waals surface area contributed by atoms with Gasteiger partial charge in [-0.2, -0.15) is 0 Å². The van der Waals surface area contributed by atoms with Crippen LogP contribution in [-0.4, -0.2) is 70.9 Å². The number of nitrogens with one attached hydrogen (secondary N) is 1. The molecule has 3 aromatic rings. The van der Waals surface area contributed by atoms with Crippen LogP contribution in [0, 0.1) is 0 Å². The van der Waals surface area contributed by atoms with Crippen LogP contribution in [0.5, 0.6) is 5.75 Å². The Morgan fingerprint density at radius 3 is 2.66 bits per heavy atom. The largest absolute Gasteiger partial charge is 0.508 e. The number of benzene rings is 1. The molecule has 4 rings (SSSR count). The molecule has 0 aliphatic carbocycles. The first-order valence-corrected chi connectivity index (χ1v) is 9.87. The third kappa shape index (κ3) is 4.15. The molecular formula is C19H22N8O5. The van der Waals surface area contributed by atoms with Crippen molar-refractivity contribution in [2.24, 2.45) is 5.11 Å². The lowest BCUT2D eigenvalue weighted by atomic mass is 10.1. The van der Waals surface area contributed by atoms with Gasteiger partial charge >= 0.3 is 0 Å². The first-order valence-electron chi connectivity index (χ1n) is 9.87. The molecule has 0 saturated carbocycles. The second kappa shape index (κ2) is 8.94.